The molecule has 4 rings (SSSR count). The smallest absolute Gasteiger partial charge is 0.322 e. The standard InChI is InChI=1S/C33H23N5O3/c1-4-22-10-7-13-26(16-22)34-31(39)25-19-29(37-32(40)35-27-14-8-11-23(5-2)17-27)21-30(20-25)38-33(41)36-28-15-9-12-24(6-3)18-28/h1-3,7-21H,(H,34,39)(H2,35,37,40)(H2,36,38,41). The third kappa shape index (κ3) is 7.78. The molecule has 4 aromatic rings. The van der Waals surface area contributed by atoms with Gasteiger partial charge in [-0.25, -0.2) is 9.59 Å². The number of amides is 5. The molecule has 8 heteroatoms. The summed E-state index contributed by atoms with van der Waals surface area (Å²) >= 11 is 0. The van der Waals surface area contributed by atoms with E-state index in [1.54, 1.807) is 72.8 Å². The summed E-state index contributed by atoms with van der Waals surface area (Å²) in [7, 11) is 0. The first-order valence-electron chi connectivity index (χ1n) is 12.2. The number of hydrogen-bond acceptors (Lipinski definition) is 3. The molecule has 0 fully saturated rings. The van der Waals surface area contributed by atoms with Gasteiger partial charge in [0.1, 0.15) is 0 Å². The number of terminal acetylenes is 3. The van der Waals surface area contributed by atoms with Crippen molar-refractivity contribution in [2.45, 2.75) is 0 Å². The number of hydrogen-bond donors (Lipinski definition) is 5. The second-order valence-corrected chi connectivity index (χ2v) is 8.59. The van der Waals surface area contributed by atoms with Crippen LogP contribution in [0.2, 0.25) is 0 Å². The molecule has 8 nitrogen and oxygen atoms in total. The molecule has 0 radical (unpaired) electrons. The van der Waals surface area contributed by atoms with Crippen LogP contribution in [0.3, 0.4) is 0 Å². The zero-order chi connectivity index (χ0) is 29.2. The molecule has 0 atom stereocenters. The Morgan fingerprint density at radius 2 is 0.829 bits per heavy atom. The maximum absolute atomic E-state index is 13.2. The fraction of sp³-hybridized carbons (Fsp3) is 0. The van der Waals surface area contributed by atoms with E-state index in [1.165, 1.54) is 18.2 Å². The van der Waals surface area contributed by atoms with Crippen LogP contribution in [0.15, 0.2) is 91.0 Å². The van der Waals surface area contributed by atoms with E-state index in [4.69, 9.17) is 19.3 Å². The molecular formula is C33H23N5O3. The highest BCUT2D eigenvalue weighted by Crippen LogP contribution is 2.22. The highest BCUT2D eigenvalue weighted by molar-refractivity contribution is 6.08. The molecule has 0 bridgehead atoms. The van der Waals surface area contributed by atoms with Crippen molar-refractivity contribution in [2.24, 2.45) is 0 Å². The van der Waals surface area contributed by atoms with Crippen LogP contribution in [-0.4, -0.2) is 18.0 Å². The van der Waals surface area contributed by atoms with Crippen molar-refractivity contribution < 1.29 is 14.4 Å². The van der Waals surface area contributed by atoms with E-state index >= 15 is 0 Å². The van der Waals surface area contributed by atoms with Crippen molar-refractivity contribution in [1.29, 1.82) is 0 Å². The van der Waals surface area contributed by atoms with Crippen molar-refractivity contribution >= 4 is 46.4 Å². The molecule has 0 aliphatic rings. The summed E-state index contributed by atoms with van der Waals surface area (Å²) in [5, 5.41) is 13.5. The van der Waals surface area contributed by atoms with E-state index in [1.807, 2.05) is 0 Å². The maximum Gasteiger partial charge on any atom is 0.323 e. The Balaban J connectivity index is 1.57. The Bertz CT molecular complexity index is 1680. The Labute approximate surface area is 237 Å². The van der Waals surface area contributed by atoms with Crippen LogP contribution in [0.1, 0.15) is 27.0 Å². The molecule has 0 saturated carbocycles. The molecule has 41 heavy (non-hydrogen) atoms. The number of carbonyl (C=O) groups is 3. The summed E-state index contributed by atoms with van der Waals surface area (Å²) in [6.07, 6.45) is 16.3. The van der Waals surface area contributed by atoms with Crippen LogP contribution in [0.25, 0.3) is 0 Å². The van der Waals surface area contributed by atoms with Gasteiger partial charge < -0.3 is 26.6 Å². The fourth-order valence-corrected chi connectivity index (χ4v) is 3.75. The van der Waals surface area contributed by atoms with Gasteiger partial charge >= 0.3 is 12.1 Å². The minimum absolute atomic E-state index is 0.160. The molecule has 0 spiro atoms. The molecule has 0 aromatic heterocycles. The lowest BCUT2D eigenvalue weighted by molar-refractivity contribution is 0.102. The molecule has 0 aliphatic heterocycles. The topological polar surface area (TPSA) is 111 Å². The number of carbonyl (C=O) groups excluding carboxylic acids is 3. The van der Waals surface area contributed by atoms with Crippen LogP contribution < -0.4 is 26.6 Å². The van der Waals surface area contributed by atoms with Crippen molar-refractivity contribution in [3.8, 4) is 37.0 Å². The van der Waals surface area contributed by atoms with Gasteiger partial charge in [-0.1, -0.05) is 36.0 Å². The van der Waals surface area contributed by atoms with Crippen LogP contribution in [0, 0.1) is 37.0 Å². The zero-order valence-electron chi connectivity index (χ0n) is 21.6. The molecule has 4 aromatic carbocycles. The summed E-state index contributed by atoms with van der Waals surface area (Å²) in [6.45, 7) is 0. The molecule has 198 valence electrons. The molecule has 0 aliphatic carbocycles. The van der Waals surface area contributed by atoms with E-state index in [-0.39, 0.29) is 16.9 Å². The molecule has 0 heterocycles. The van der Waals surface area contributed by atoms with Gasteiger partial charge in [-0.15, -0.1) is 19.3 Å². The Morgan fingerprint density at radius 3 is 1.22 bits per heavy atom. The van der Waals surface area contributed by atoms with E-state index in [2.05, 4.69) is 44.3 Å². The molecule has 5 amide bonds. The van der Waals surface area contributed by atoms with Crippen molar-refractivity contribution in [3.63, 3.8) is 0 Å². The van der Waals surface area contributed by atoms with Gasteiger partial charge in [-0.2, -0.15) is 0 Å². The van der Waals surface area contributed by atoms with Crippen LogP contribution >= 0.6 is 0 Å². The van der Waals surface area contributed by atoms with Gasteiger partial charge in [0, 0.05) is 50.7 Å². The predicted octanol–water partition coefficient (Wildman–Crippen LogP) is 6.17. The van der Waals surface area contributed by atoms with Crippen LogP contribution in [0.5, 0.6) is 0 Å². The van der Waals surface area contributed by atoms with Crippen LogP contribution in [-0.2, 0) is 0 Å². The molecule has 0 saturated heterocycles. The Kier molecular flexibility index (Phi) is 8.67. The highest BCUT2D eigenvalue weighted by Gasteiger charge is 2.14. The number of nitrogens with one attached hydrogen (secondary N) is 5. The number of benzene rings is 4. The van der Waals surface area contributed by atoms with Gasteiger partial charge in [0.05, 0.1) is 0 Å². The lowest BCUT2D eigenvalue weighted by Gasteiger charge is -2.14. The SMILES string of the molecule is C#Cc1cccc(NC(=O)Nc2cc(NC(=O)Nc3cccc(C#C)c3)cc(C(=O)Nc3cccc(C#C)c3)c2)c1. The number of rotatable bonds is 6. The average molecular weight is 538 g/mol. The Hall–Kier alpha value is -6.43. The summed E-state index contributed by atoms with van der Waals surface area (Å²) < 4.78 is 0. The lowest BCUT2D eigenvalue weighted by atomic mass is 10.1. The van der Waals surface area contributed by atoms with Crippen molar-refractivity contribution in [3.05, 3.63) is 113 Å². The van der Waals surface area contributed by atoms with Crippen molar-refractivity contribution in [2.75, 3.05) is 26.6 Å². The first-order valence-corrected chi connectivity index (χ1v) is 12.2. The summed E-state index contributed by atoms with van der Waals surface area (Å²) in [4.78, 5) is 38.7. The number of anilines is 5. The second-order valence-electron chi connectivity index (χ2n) is 8.59. The van der Waals surface area contributed by atoms with Gasteiger partial charge in [0.2, 0.25) is 0 Å². The normalized spacial score (nSPS) is 9.68. The van der Waals surface area contributed by atoms with E-state index < -0.39 is 18.0 Å². The van der Waals surface area contributed by atoms with Gasteiger partial charge in [0.15, 0.2) is 0 Å². The number of urea groups is 2. The van der Waals surface area contributed by atoms with Gasteiger partial charge in [-0.3, -0.25) is 4.79 Å². The van der Waals surface area contributed by atoms with Crippen LogP contribution in [0.4, 0.5) is 38.0 Å². The van der Waals surface area contributed by atoms with E-state index in [0.717, 1.165) is 0 Å². The minimum Gasteiger partial charge on any atom is -0.322 e. The minimum atomic E-state index is -0.583. The zero-order valence-corrected chi connectivity index (χ0v) is 21.6. The van der Waals surface area contributed by atoms with E-state index in [9.17, 15) is 14.4 Å². The molecule has 5 N–H and O–H groups in total. The second kappa shape index (κ2) is 12.9. The predicted molar refractivity (Wildman–Crippen MR) is 163 cm³/mol. The third-order valence-electron chi connectivity index (χ3n) is 5.57. The highest BCUT2D eigenvalue weighted by atomic mass is 16.2. The molecule has 0 unspecified atom stereocenters. The van der Waals surface area contributed by atoms with Gasteiger partial charge in [0.25, 0.3) is 5.91 Å². The summed E-state index contributed by atoms with van der Waals surface area (Å²) in [5.41, 5.74) is 3.87. The monoisotopic (exact) mass is 537 g/mol. The fourth-order valence-electron chi connectivity index (χ4n) is 3.75. The van der Waals surface area contributed by atoms with Gasteiger partial charge in [-0.05, 0) is 72.8 Å². The maximum atomic E-state index is 13.2. The largest absolute Gasteiger partial charge is 0.323 e. The molecular weight excluding hydrogens is 514 g/mol. The Morgan fingerprint density at radius 1 is 0.463 bits per heavy atom. The first-order chi connectivity index (χ1) is 19.8. The lowest BCUT2D eigenvalue weighted by Crippen LogP contribution is -2.22. The van der Waals surface area contributed by atoms with E-state index in [0.29, 0.717) is 33.8 Å². The average Bonchev–Trinajstić information content (AvgIpc) is 2.97. The quantitative estimate of drug-likeness (QED) is 0.190. The summed E-state index contributed by atoms with van der Waals surface area (Å²) in [5.74, 6) is 7.03. The third-order valence-corrected chi connectivity index (χ3v) is 5.57. The van der Waals surface area contributed by atoms with Crippen molar-refractivity contribution in [1.82, 2.24) is 0 Å². The first kappa shape index (κ1) is 27.6. The summed E-state index contributed by atoms with van der Waals surface area (Å²) in [6, 6.07) is 23.6.